The van der Waals surface area contributed by atoms with Crippen molar-refractivity contribution in [3.8, 4) is 0 Å². The van der Waals surface area contributed by atoms with E-state index in [4.69, 9.17) is 11.6 Å². The molecule has 0 bridgehead atoms. The zero-order chi connectivity index (χ0) is 14.7. The molecule has 1 saturated carbocycles. The highest BCUT2D eigenvalue weighted by molar-refractivity contribution is 7.99. The molecular formula is C15H22Cl3N3OS. The maximum atomic E-state index is 11.8. The van der Waals surface area contributed by atoms with Gasteiger partial charge in [0.2, 0.25) is 5.91 Å². The van der Waals surface area contributed by atoms with Crippen LogP contribution in [0.5, 0.6) is 0 Å². The monoisotopic (exact) mass is 397 g/mol. The summed E-state index contributed by atoms with van der Waals surface area (Å²) in [6.07, 6.45) is 2.36. The highest BCUT2D eigenvalue weighted by Crippen LogP contribution is 2.30. The number of anilines is 2. The van der Waals surface area contributed by atoms with Gasteiger partial charge in [-0.25, -0.2) is 0 Å². The molecule has 1 aliphatic carbocycles. The topological polar surface area (TPSA) is 44.4 Å². The van der Waals surface area contributed by atoms with Crippen LogP contribution >= 0.6 is 48.2 Å². The van der Waals surface area contributed by atoms with Gasteiger partial charge in [0.1, 0.15) is 0 Å². The van der Waals surface area contributed by atoms with Gasteiger partial charge in [-0.1, -0.05) is 11.6 Å². The van der Waals surface area contributed by atoms with Crippen LogP contribution in [0.15, 0.2) is 18.2 Å². The highest BCUT2D eigenvalue weighted by Gasteiger charge is 2.21. The molecule has 0 unspecified atom stereocenters. The van der Waals surface area contributed by atoms with Crippen molar-refractivity contribution < 1.29 is 4.79 Å². The van der Waals surface area contributed by atoms with E-state index in [0.29, 0.717) is 17.6 Å². The van der Waals surface area contributed by atoms with E-state index in [9.17, 15) is 4.79 Å². The molecule has 0 spiro atoms. The normalized spacial score (nSPS) is 17.0. The van der Waals surface area contributed by atoms with Gasteiger partial charge in [-0.15, -0.1) is 24.8 Å². The molecule has 1 heterocycles. The van der Waals surface area contributed by atoms with Crippen LogP contribution in [0.2, 0.25) is 5.02 Å². The maximum absolute atomic E-state index is 11.8. The summed E-state index contributed by atoms with van der Waals surface area (Å²) in [5, 5.41) is 6.79. The fourth-order valence-corrected chi connectivity index (χ4v) is 3.58. The van der Waals surface area contributed by atoms with Gasteiger partial charge >= 0.3 is 0 Å². The molecule has 2 aliphatic rings. The number of nitrogens with zero attached hydrogens (tertiary/aromatic N) is 1. The molecule has 1 aromatic carbocycles. The zero-order valence-corrected chi connectivity index (χ0v) is 15.9. The van der Waals surface area contributed by atoms with Crippen molar-refractivity contribution in [1.29, 1.82) is 0 Å². The summed E-state index contributed by atoms with van der Waals surface area (Å²) < 4.78 is 0. The van der Waals surface area contributed by atoms with E-state index in [1.165, 1.54) is 12.8 Å². The SMILES string of the molecule is Cl.Cl.O=C(CNC1CC1)Nc1ccc(N2CCSCC2)c(Cl)c1. The molecule has 1 aliphatic heterocycles. The van der Waals surface area contributed by atoms with E-state index in [0.717, 1.165) is 36.0 Å². The quantitative estimate of drug-likeness (QED) is 0.797. The molecule has 130 valence electrons. The number of amides is 1. The molecule has 8 heteroatoms. The van der Waals surface area contributed by atoms with Crippen molar-refractivity contribution in [3.05, 3.63) is 23.2 Å². The number of carbonyl (C=O) groups excluding carboxylic acids is 1. The molecule has 1 aromatic rings. The van der Waals surface area contributed by atoms with E-state index in [1.54, 1.807) is 0 Å². The van der Waals surface area contributed by atoms with Crippen LogP contribution in [0.3, 0.4) is 0 Å². The molecule has 0 aromatic heterocycles. The van der Waals surface area contributed by atoms with Crippen molar-refractivity contribution in [1.82, 2.24) is 5.32 Å². The Morgan fingerprint density at radius 1 is 1.26 bits per heavy atom. The standard InChI is InChI=1S/C15H20ClN3OS.2ClH/c16-13-9-12(18-15(20)10-17-11-1-2-11)3-4-14(13)19-5-7-21-8-6-19;;/h3-4,9,11,17H,1-2,5-8,10H2,(H,18,20);2*1H. The molecule has 23 heavy (non-hydrogen) atoms. The second-order valence-electron chi connectivity index (χ2n) is 5.47. The summed E-state index contributed by atoms with van der Waals surface area (Å²) in [4.78, 5) is 14.1. The molecule has 4 nitrogen and oxygen atoms in total. The summed E-state index contributed by atoms with van der Waals surface area (Å²) in [5.41, 5.74) is 1.82. The molecule has 1 saturated heterocycles. The number of thioether (sulfide) groups is 1. The number of nitrogens with one attached hydrogen (secondary N) is 2. The van der Waals surface area contributed by atoms with Crippen molar-refractivity contribution in [2.45, 2.75) is 18.9 Å². The minimum absolute atomic E-state index is 0. The third-order valence-electron chi connectivity index (χ3n) is 3.71. The average Bonchev–Trinajstić information content (AvgIpc) is 3.30. The van der Waals surface area contributed by atoms with Crippen LogP contribution in [-0.4, -0.2) is 43.1 Å². The Hall–Kier alpha value is -0.330. The van der Waals surface area contributed by atoms with Crippen LogP contribution in [0.25, 0.3) is 0 Å². The fraction of sp³-hybridized carbons (Fsp3) is 0.533. The van der Waals surface area contributed by atoms with Gasteiger partial charge in [-0.3, -0.25) is 4.79 Å². The second kappa shape index (κ2) is 9.84. The molecule has 0 radical (unpaired) electrons. The summed E-state index contributed by atoms with van der Waals surface area (Å²) in [5.74, 6) is 2.27. The van der Waals surface area contributed by atoms with Crippen molar-refractivity contribution >= 4 is 65.5 Å². The fourth-order valence-electron chi connectivity index (χ4n) is 2.38. The Balaban J connectivity index is 0.00000132. The number of carbonyl (C=O) groups is 1. The number of benzene rings is 1. The maximum Gasteiger partial charge on any atom is 0.238 e. The van der Waals surface area contributed by atoms with Crippen molar-refractivity contribution in [2.24, 2.45) is 0 Å². The number of halogens is 3. The minimum Gasteiger partial charge on any atom is -0.369 e. The van der Waals surface area contributed by atoms with Gasteiger partial charge < -0.3 is 15.5 Å². The second-order valence-corrected chi connectivity index (χ2v) is 7.10. The lowest BCUT2D eigenvalue weighted by Gasteiger charge is -2.29. The average molecular weight is 399 g/mol. The van der Waals surface area contributed by atoms with Gasteiger partial charge in [0.25, 0.3) is 0 Å². The first-order valence-corrected chi connectivity index (χ1v) is 8.91. The van der Waals surface area contributed by atoms with Crippen molar-refractivity contribution in [2.75, 3.05) is 41.4 Å². The Morgan fingerprint density at radius 3 is 2.57 bits per heavy atom. The van der Waals surface area contributed by atoms with Gasteiger partial charge in [0.05, 0.1) is 17.3 Å². The number of rotatable bonds is 5. The number of hydrogen-bond donors (Lipinski definition) is 2. The molecule has 3 rings (SSSR count). The third kappa shape index (κ3) is 6.24. The lowest BCUT2D eigenvalue weighted by molar-refractivity contribution is -0.115. The highest BCUT2D eigenvalue weighted by atomic mass is 35.5. The van der Waals surface area contributed by atoms with Gasteiger partial charge in [0.15, 0.2) is 0 Å². The summed E-state index contributed by atoms with van der Waals surface area (Å²) >= 11 is 8.34. The zero-order valence-electron chi connectivity index (χ0n) is 12.7. The first kappa shape index (κ1) is 20.7. The molecular weight excluding hydrogens is 377 g/mol. The third-order valence-corrected chi connectivity index (χ3v) is 4.96. The molecule has 0 atom stereocenters. The first-order chi connectivity index (χ1) is 10.2. The van der Waals surface area contributed by atoms with Gasteiger partial charge in [-0.2, -0.15) is 11.8 Å². The van der Waals surface area contributed by atoms with E-state index in [2.05, 4.69) is 15.5 Å². The summed E-state index contributed by atoms with van der Waals surface area (Å²) in [6, 6.07) is 6.31. The predicted molar refractivity (Wildman–Crippen MR) is 105 cm³/mol. The molecule has 2 fully saturated rings. The van der Waals surface area contributed by atoms with E-state index in [1.807, 2.05) is 30.0 Å². The first-order valence-electron chi connectivity index (χ1n) is 7.38. The molecule has 2 N–H and O–H groups in total. The Labute approximate surface area is 158 Å². The Kier molecular flexibility index (Phi) is 8.86. The van der Waals surface area contributed by atoms with Crippen LogP contribution < -0.4 is 15.5 Å². The predicted octanol–water partition coefficient (Wildman–Crippen LogP) is 3.43. The number of hydrogen-bond acceptors (Lipinski definition) is 4. The van der Waals surface area contributed by atoms with Crippen LogP contribution in [0.4, 0.5) is 11.4 Å². The van der Waals surface area contributed by atoms with E-state index in [-0.39, 0.29) is 30.7 Å². The summed E-state index contributed by atoms with van der Waals surface area (Å²) in [6.45, 7) is 2.43. The lowest BCUT2D eigenvalue weighted by atomic mass is 10.2. The largest absolute Gasteiger partial charge is 0.369 e. The Bertz CT molecular complexity index is 523. The van der Waals surface area contributed by atoms with Crippen molar-refractivity contribution in [3.63, 3.8) is 0 Å². The Morgan fingerprint density at radius 2 is 1.96 bits per heavy atom. The summed E-state index contributed by atoms with van der Waals surface area (Å²) in [7, 11) is 0. The van der Waals surface area contributed by atoms with Crippen LogP contribution in [-0.2, 0) is 4.79 Å². The smallest absolute Gasteiger partial charge is 0.238 e. The van der Waals surface area contributed by atoms with Gasteiger partial charge in [0, 0.05) is 36.3 Å². The lowest BCUT2D eigenvalue weighted by Crippen LogP contribution is -2.32. The van der Waals surface area contributed by atoms with E-state index < -0.39 is 0 Å². The van der Waals surface area contributed by atoms with Crippen LogP contribution in [0.1, 0.15) is 12.8 Å². The van der Waals surface area contributed by atoms with E-state index >= 15 is 0 Å². The van der Waals surface area contributed by atoms with Crippen LogP contribution in [0, 0.1) is 0 Å². The molecule has 1 amide bonds. The van der Waals surface area contributed by atoms with Gasteiger partial charge in [-0.05, 0) is 31.0 Å². The minimum atomic E-state index is -0.0138.